The van der Waals surface area contributed by atoms with E-state index in [-0.39, 0.29) is 17.7 Å². The fourth-order valence-electron chi connectivity index (χ4n) is 4.14. The Bertz CT molecular complexity index is 1100. The first-order valence-corrected chi connectivity index (χ1v) is 10.7. The van der Waals surface area contributed by atoms with Crippen molar-refractivity contribution >= 4 is 17.5 Å². The minimum absolute atomic E-state index is 0.0683. The number of halogens is 1. The number of carbonyl (C=O) groups excluding carboxylic acids is 1. The molecule has 0 saturated carbocycles. The van der Waals surface area contributed by atoms with Crippen LogP contribution in [0.4, 0.5) is 0 Å². The van der Waals surface area contributed by atoms with Crippen LogP contribution >= 0.6 is 11.6 Å². The van der Waals surface area contributed by atoms with E-state index in [1.807, 2.05) is 11.8 Å². The maximum Gasteiger partial charge on any atom is 0.273 e. The SMILES string of the molecule is CCCN1C(=O)c2[nH]nc(-c3cc(Cl)c(C)cc3O)c2C1c1ccc(C(C)C)cc1. The summed E-state index contributed by atoms with van der Waals surface area (Å²) in [5.74, 6) is 0.463. The molecule has 1 amide bonds. The Hall–Kier alpha value is -2.79. The highest BCUT2D eigenvalue weighted by Crippen LogP contribution is 2.45. The van der Waals surface area contributed by atoms with Crippen LogP contribution in [0.15, 0.2) is 36.4 Å². The van der Waals surface area contributed by atoms with Gasteiger partial charge in [-0.05, 0) is 48.1 Å². The first-order chi connectivity index (χ1) is 14.3. The van der Waals surface area contributed by atoms with E-state index in [1.165, 1.54) is 5.56 Å². The second kappa shape index (κ2) is 7.80. The van der Waals surface area contributed by atoms with Crippen molar-refractivity contribution in [2.24, 2.45) is 0 Å². The van der Waals surface area contributed by atoms with Gasteiger partial charge in [-0.1, -0.05) is 56.6 Å². The number of hydrogen-bond acceptors (Lipinski definition) is 3. The number of nitrogens with one attached hydrogen (secondary N) is 1. The minimum Gasteiger partial charge on any atom is -0.507 e. The Labute approximate surface area is 181 Å². The number of aromatic hydroxyl groups is 1. The molecule has 1 aliphatic heterocycles. The predicted octanol–water partition coefficient (Wildman–Crippen LogP) is 5.82. The summed E-state index contributed by atoms with van der Waals surface area (Å²) in [5, 5.41) is 18.5. The van der Waals surface area contributed by atoms with Crippen LogP contribution in [0.2, 0.25) is 5.02 Å². The van der Waals surface area contributed by atoms with Gasteiger partial charge in [-0.3, -0.25) is 9.89 Å². The average Bonchev–Trinajstić information content (AvgIpc) is 3.25. The van der Waals surface area contributed by atoms with Gasteiger partial charge in [0.15, 0.2) is 0 Å². The lowest BCUT2D eigenvalue weighted by atomic mass is 9.93. The van der Waals surface area contributed by atoms with Crippen molar-refractivity contribution in [3.05, 3.63) is 69.4 Å². The lowest BCUT2D eigenvalue weighted by molar-refractivity contribution is 0.0744. The van der Waals surface area contributed by atoms with Gasteiger partial charge in [0.1, 0.15) is 17.1 Å². The minimum atomic E-state index is -0.262. The van der Waals surface area contributed by atoms with Crippen LogP contribution in [0.25, 0.3) is 11.3 Å². The summed E-state index contributed by atoms with van der Waals surface area (Å²) < 4.78 is 0. The van der Waals surface area contributed by atoms with Gasteiger partial charge in [-0.2, -0.15) is 5.10 Å². The summed E-state index contributed by atoms with van der Waals surface area (Å²) in [6, 6.07) is 11.5. The van der Waals surface area contributed by atoms with E-state index < -0.39 is 0 Å². The number of fused-ring (bicyclic) bond motifs is 1. The summed E-state index contributed by atoms with van der Waals surface area (Å²) in [6.45, 7) is 8.86. The van der Waals surface area contributed by atoms with Gasteiger partial charge < -0.3 is 10.0 Å². The third-order valence-corrected chi connectivity index (χ3v) is 6.19. The zero-order valence-corrected chi connectivity index (χ0v) is 18.4. The molecule has 1 aliphatic rings. The Kier molecular flexibility index (Phi) is 5.33. The second-order valence-electron chi connectivity index (χ2n) is 8.20. The molecule has 1 unspecified atom stereocenters. The molecule has 2 aromatic carbocycles. The molecule has 0 bridgehead atoms. The van der Waals surface area contributed by atoms with E-state index in [4.69, 9.17) is 11.6 Å². The van der Waals surface area contributed by atoms with Gasteiger partial charge in [0, 0.05) is 22.7 Å². The van der Waals surface area contributed by atoms with Crippen LogP contribution in [-0.4, -0.2) is 32.7 Å². The number of hydrogen-bond donors (Lipinski definition) is 2. The van der Waals surface area contributed by atoms with Crippen LogP contribution in [0.3, 0.4) is 0 Å². The molecule has 1 aromatic heterocycles. The fourth-order valence-corrected chi connectivity index (χ4v) is 4.30. The zero-order chi connectivity index (χ0) is 21.6. The molecule has 0 fully saturated rings. The van der Waals surface area contributed by atoms with Crippen molar-refractivity contribution in [1.82, 2.24) is 15.1 Å². The number of aryl methyl sites for hydroxylation is 1. The number of benzene rings is 2. The van der Waals surface area contributed by atoms with E-state index >= 15 is 0 Å². The summed E-state index contributed by atoms with van der Waals surface area (Å²) in [6.07, 6.45) is 0.848. The highest BCUT2D eigenvalue weighted by Gasteiger charge is 2.42. The standard InChI is InChI=1S/C24H26ClN3O2/c1-5-10-28-23(16-8-6-15(7-9-16)13(2)3)20-21(26-27-22(20)24(28)30)17-12-18(25)14(4)11-19(17)29/h6-9,11-13,23,29H,5,10H2,1-4H3,(H,26,27). The number of rotatable bonds is 5. The van der Waals surface area contributed by atoms with Crippen molar-refractivity contribution in [3.8, 4) is 17.0 Å². The smallest absolute Gasteiger partial charge is 0.273 e. The summed E-state index contributed by atoms with van der Waals surface area (Å²) in [7, 11) is 0. The van der Waals surface area contributed by atoms with Crippen LogP contribution in [-0.2, 0) is 0 Å². The first-order valence-electron chi connectivity index (χ1n) is 10.3. The number of aromatic nitrogens is 2. The maximum atomic E-state index is 13.2. The van der Waals surface area contributed by atoms with E-state index in [0.29, 0.717) is 34.4 Å². The van der Waals surface area contributed by atoms with E-state index in [2.05, 4.69) is 55.2 Å². The number of nitrogens with zero attached hydrogens (tertiary/aromatic N) is 2. The van der Waals surface area contributed by atoms with Crippen LogP contribution in [0.1, 0.15) is 71.9 Å². The molecule has 5 nitrogen and oxygen atoms in total. The molecule has 2 N–H and O–H groups in total. The van der Waals surface area contributed by atoms with Gasteiger partial charge in [0.2, 0.25) is 0 Å². The van der Waals surface area contributed by atoms with Crippen LogP contribution in [0.5, 0.6) is 5.75 Å². The van der Waals surface area contributed by atoms with E-state index in [1.54, 1.807) is 12.1 Å². The van der Waals surface area contributed by atoms with Crippen molar-refractivity contribution in [2.75, 3.05) is 6.54 Å². The number of phenolic OH excluding ortho intramolecular Hbond substituents is 1. The molecular weight excluding hydrogens is 398 g/mol. The molecule has 4 rings (SSSR count). The van der Waals surface area contributed by atoms with Crippen molar-refractivity contribution in [2.45, 2.75) is 46.1 Å². The van der Waals surface area contributed by atoms with Crippen molar-refractivity contribution in [3.63, 3.8) is 0 Å². The average molecular weight is 424 g/mol. The molecule has 156 valence electrons. The van der Waals surface area contributed by atoms with Crippen molar-refractivity contribution in [1.29, 1.82) is 0 Å². The van der Waals surface area contributed by atoms with E-state index in [0.717, 1.165) is 23.1 Å². The third kappa shape index (κ3) is 3.27. The fraction of sp³-hybridized carbons (Fsp3) is 0.333. The Morgan fingerprint density at radius 2 is 1.93 bits per heavy atom. The van der Waals surface area contributed by atoms with Gasteiger partial charge in [-0.15, -0.1) is 0 Å². The zero-order valence-electron chi connectivity index (χ0n) is 17.7. The van der Waals surface area contributed by atoms with Gasteiger partial charge in [-0.25, -0.2) is 0 Å². The highest BCUT2D eigenvalue weighted by atomic mass is 35.5. The normalized spacial score (nSPS) is 15.9. The quantitative estimate of drug-likeness (QED) is 0.543. The molecule has 0 aliphatic carbocycles. The first kappa shape index (κ1) is 20.5. The summed E-state index contributed by atoms with van der Waals surface area (Å²) in [4.78, 5) is 15.0. The third-order valence-electron chi connectivity index (χ3n) is 5.78. The van der Waals surface area contributed by atoms with Gasteiger partial charge >= 0.3 is 0 Å². The Morgan fingerprint density at radius 3 is 2.57 bits per heavy atom. The molecule has 1 atom stereocenters. The molecular formula is C24H26ClN3O2. The number of carbonyl (C=O) groups is 1. The highest BCUT2D eigenvalue weighted by molar-refractivity contribution is 6.31. The molecule has 3 aromatic rings. The number of H-pyrrole nitrogens is 1. The molecule has 0 radical (unpaired) electrons. The molecule has 6 heteroatoms. The second-order valence-corrected chi connectivity index (χ2v) is 8.61. The largest absolute Gasteiger partial charge is 0.507 e. The topological polar surface area (TPSA) is 69.2 Å². The summed E-state index contributed by atoms with van der Waals surface area (Å²) in [5.41, 5.74) is 5.43. The Morgan fingerprint density at radius 1 is 1.23 bits per heavy atom. The lowest BCUT2D eigenvalue weighted by Crippen LogP contribution is -2.30. The maximum absolute atomic E-state index is 13.2. The summed E-state index contributed by atoms with van der Waals surface area (Å²) >= 11 is 6.33. The van der Waals surface area contributed by atoms with Gasteiger partial charge in [0.05, 0.1) is 6.04 Å². The van der Waals surface area contributed by atoms with Crippen molar-refractivity contribution < 1.29 is 9.90 Å². The van der Waals surface area contributed by atoms with Gasteiger partial charge in [0.25, 0.3) is 5.91 Å². The lowest BCUT2D eigenvalue weighted by Gasteiger charge is -2.26. The monoisotopic (exact) mass is 423 g/mol. The number of phenols is 1. The van der Waals surface area contributed by atoms with Crippen LogP contribution < -0.4 is 0 Å². The number of aromatic amines is 1. The van der Waals surface area contributed by atoms with Crippen LogP contribution in [0, 0.1) is 6.92 Å². The Balaban J connectivity index is 1.89. The van der Waals surface area contributed by atoms with E-state index in [9.17, 15) is 9.90 Å². The number of amides is 1. The molecule has 0 spiro atoms. The molecule has 0 saturated heterocycles. The molecule has 2 heterocycles. The molecule has 30 heavy (non-hydrogen) atoms. The predicted molar refractivity (Wildman–Crippen MR) is 119 cm³/mol.